The third kappa shape index (κ3) is 3.16. The molecule has 0 aliphatic carbocycles. The fraction of sp³-hybridized carbons (Fsp3) is 0.182. The number of aliphatic hydroxyl groups excluding tert-OH is 1. The van der Waals surface area contributed by atoms with Gasteiger partial charge in [-0.15, -0.1) is 10.2 Å². The average molecular weight is 319 g/mol. The molecule has 2 N–H and O–H groups in total. The second-order valence-corrected chi connectivity index (χ2v) is 4.74. The molecule has 2 rings (SSSR count). The number of aliphatic hydroxyl groups is 1. The SMILES string of the molecule is O=C(O)CSc1nnc(CO)n1-c1cc(F)c(F)c(F)c1. The monoisotopic (exact) mass is 319 g/mol. The van der Waals surface area contributed by atoms with Gasteiger partial charge in [0.1, 0.15) is 6.61 Å². The summed E-state index contributed by atoms with van der Waals surface area (Å²) in [6, 6.07) is 1.40. The molecule has 2 aromatic rings. The Morgan fingerprint density at radius 2 is 1.86 bits per heavy atom. The molecule has 0 bridgehead atoms. The highest BCUT2D eigenvalue weighted by molar-refractivity contribution is 7.99. The second-order valence-electron chi connectivity index (χ2n) is 3.80. The molecule has 21 heavy (non-hydrogen) atoms. The number of benzene rings is 1. The Balaban J connectivity index is 2.51. The first-order valence-electron chi connectivity index (χ1n) is 5.48. The van der Waals surface area contributed by atoms with Gasteiger partial charge in [-0.1, -0.05) is 11.8 Å². The molecule has 10 heteroatoms. The number of thioether (sulfide) groups is 1. The molecular formula is C11H8F3N3O3S. The number of carboxylic acid groups (broad SMARTS) is 1. The third-order valence-corrected chi connectivity index (χ3v) is 3.31. The minimum atomic E-state index is -1.63. The first kappa shape index (κ1) is 15.3. The van der Waals surface area contributed by atoms with Gasteiger partial charge in [-0.05, 0) is 0 Å². The van der Waals surface area contributed by atoms with E-state index >= 15 is 0 Å². The predicted octanol–water partition coefficient (Wildman–Crippen LogP) is 1.35. The van der Waals surface area contributed by atoms with Gasteiger partial charge in [0.25, 0.3) is 0 Å². The van der Waals surface area contributed by atoms with E-state index < -0.39 is 30.0 Å². The largest absolute Gasteiger partial charge is 0.481 e. The normalized spacial score (nSPS) is 10.9. The highest BCUT2D eigenvalue weighted by Gasteiger charge is 2.18. The van der Waals surface area contributed by atoms with Crippen LogP contribution in [0, 0.1) is 17.5 Å². The molecule has 6 nitrogen and oxygen atoms in total. The molecule has 0 aliphatic heterocycles. The molecule has 0 saturated carbocycles. The topological polar surface area (TPSA) is 88.2 Å². The summed E-state index contributed by atoms with van der Waals surface area (Å²) in [5.74, 6) is -6.02. The van der Waals surface area contributed by atoms with Crippen molar-refractivity contribution in [3.63, 3.8) is 0 Å². The lowest BCUT2D eigenvalue weighted by Crippen LogP contribution is -2.06. The van der Waals surface area contributed by atoms with Gasteiger partial charge >= 0.3 is 5.97 Å². The lowest BCUT2D eigenvalue weighted by atomic mass is 10.3. The molecule has 1 aromatic heterocycles. The number of nitrogens with zero attached hydrogens (tertiary/aromatic N) is 3. The van der Waals surface area contributed by atoms with Crippen molar-refractivity contribution in [3.05, 3.63) is 35.4 Å². The summed E-state index contributed by atoms with van der Waals surface area (Å²) < 4.78 is 40.6. The quantitative estimate of drug-likeness (QED) is 0.639. The lowest BCUT2D eigenvalue weighted by Gasteiger charge is -2.09. The molecule has 1 heterocycles. The smallest absolute Gasteiger partial charge is 0.313 e. The zero-order valence-electron chi connectivity index (χ0n) is 10.3. The van der Waals surface area contributed by atoms with Crippen LogP contribution in [0.5, 0.6) is 0 Å². The van der Waals surface area contributed by atoms with Gasteiger partial charge in [-0.3, -0.25) is 9.36 Å². The standard InChI is InChI=1S/C11H8F3N3O3S/c12-6-1-5(2-7(13)10(6)14)17-8(3-18)15-16-11(17)21-4-9(19)20/h1-2,18H,3-4H2,(H,19,20). The lowest BCUT2D eigenvalue weighted by molar-refractivity contribution is -0.133. The number of hydrogen-bond acceptors (Lipinski definition) is 5. The highest BCUT2D eigenvalue weighted by Crippen LogP contribution is 2.24. The van der Waals surface area contributed by atoms with E-state index in [4.69, 9.17) is 10.2 Å². The van der Waals surface area contributed by atoms with Gasteiger partial charge in [-0.25, -0.2) is 13.2 Å². The molecule has 112 valence electrons. The number of aliphatic carboxylic acids is 1. The first-order valence-corrected chi connectivity index (χ1v) is 6.47. The average Bonchev–Trinajstić information content (AvgIpc) is 2.84. The van der Waals surface area contributed by atoms with Gasteiger partial charge in [0.15, 0.2) is 28.4 Å². The molecule has 0 amide bonds. The number of carbonyl (C=O) groups is 1. The number of carboxylic acids is 1. The number of aromatic nitrogens is 3. The van der Waals surface area contributed by atoms with Crippen molar-refractivity contribution in [2.24, 2.45) is 0 Å². The summed E-state index contributed by atoms with van der Waals surface area (Å²) in [4.78, 5) is 10.6. The highest BCUT2D eigenvalue weighted by atomic mass is 32.2. The predicted molar refractivity (Wildman–Crippen MR) is 65.5 cm³/mol. The van der Waals surface area contributed by atoms with Crippen molar-refractivity contribution in [1.29, 1.82) is 0 Å². The molecule has 0 saturated heterocycles. The maximum Gasteiger partial charge on any atom is 0.313 e. The van der Waals surface area contributed by atoms with E-state index in [2.05, 4.69) is 10.2 Å². The van der Waals surface area contributed by atoms with Gasteiger partial charge in [0.05, 0.1) is 11.4 Å². The number of halogens is 3. The molecule has 0 radical (unpaired) electrons. The van der Waals surface area contributed by atoms with Crippen molar-refractivity contribution in [3.8, 4) is 5.69 Å². The van der Waals surface area contributed by atoms with Crippen molar-refractivity contribution in [2.75, 3.05) is 5.75 Å². The summed E-state index contributed by atoms with van der Waals surface area (Å²) in [6.07, 6.45) is 0. The van der Waals surface area contributed by atoms with Crippen LogP contribution in [-0.2, 0) is 11.4 Å². The van der Waals surface area contributed by atoms with Gasteiger partial charge in [0, 0.05) is 12.1 Å². The van der Waals surface area contributed by atoms with E-state index in [0.29, 0.717) is 12.1 Å². The Bertz CT molecular complexity index is 670. The van der Waals surface area contributed by atoms with E-state index in [0.717, 1.165) is 16.3 Å². The second kappa shape index (κ2) is 6.14. The molecular weight excluding hydrogens is 311 g/mol. The summed E-state index contributed by atoms with van der Waals surface area (Å²) in [5, 5.41) is 25.0. The van der Waals surface area contributed by atoms with Gasteiger partial charge in [-0.2, -0.15) is 0 Å². The van der Waals surface area contributed by atoms with Crippen LogP contribution < -0.4 is 0 Å². The zero-order valence-corrected chi connectivity index (χ0v) is 11.1. The van der Waals surface area contributed by atoms with E-state index in [1.807, 2.05) is 0 Å². The molecule has 1 aromatic carbocycles. The summed E-state index contributed by atoms with van der Waals surface area (Å²) in [7, 11) is 0. The van der Waals surface area contributed by atoms with Crippen LogP contribution in [0.1, 0.15) is 5.82 Å². The Labute approximate surface area is 120 Å². The summed E-state index contributed by atoms with van der Waals surface area (Å²) in [6.45, 7) is -0.596. The van der Waals surface area contributed by atoms with Gasteiger partial charge in [0.2, 0.25) is 0 Å². The van der Waals surface area contributed by atoms with Crippen LogP contribution in [0.2, 0.25) is 0 Å². The van der Waals surface area contributed by atoms with Crippen molar-refractivity contribution >= 4 is 17.7 Å². The van der Waals surface area contributed by atoms with Crippen LogP contribution in [0.15, 0.2) is 17.3 Å². The van der Waals surface area contributed by atoms with Gasteiger partial charge < -0.3 is 10.2 Å². The van der Waals surface area contributed by atoms with Crippen LogP contribution >= 0.6 is 11.8 Å². The Kier molecular flexibility index (Phi) is 4.48. The molecule has 0 aliphatic rings. The summed E-state index contributed by atoms with van der Waals surface area (Å²) >= 11 is 0.742. The molecule has 0 atom stereocenters. The maximum atomic E-state index is 13.3. The third-order valence-electron chi connectivity index (χ3n) is 2.39. The number of hydrogen-bond donors (Lipinski definition) is 2. The van der Waals surface area contributed by atoms with Crippen LogP contribution in [0.25, 0.3) is 5.69 Å². The Morgan fingerprint density at radius 1 is 1.24 bits per heavy atom. The van der Waals surface area contributed by atoms with E-state index in [9.17, 15) is 18.0 Å². The van der Waals surface area contributed by atoms with Crippen molar-refractivity contribution < 1.29 is 28.2 Å². The minimum absolute atomic E-state index is 0.00635. The first-order chi connectivity index (χ1) is 9.93. The Hall–Kier alpha value is -2.07. The summed E-state index contributed by atoms with van der Waals surface area (Å²) in [5.41, 5.74) is -0.159. The van der Waals surface area contributed by atoms with Crippen LogP contribution in [0.3, 0.4) is 0 Å². The van der Waals surface area contributed by atoms with Crippen molar-refractivity contribution in [2.45, 2.75) is 11.8 Å². The molecule has 0 fully saturated rings. The fourth-order valence-electron chi connectivity index (χ4n) is 1.55. The van der Waals surface area contributed by atoms with E-state index in [1.54, 1.807) is 0 Å². The van der Waals surface area contributed by atoms with Crippen LogP contribution in [-0.4, -0.2) is 36.7 Å². The van der Waals surface area contributed by atoms with E-state index in [1.165, 1.54) is 0 Å². The van der Waals surface area contributed by atoms with Crippen LogP contribution in [0.4, 0.5) is 13.2 Å². The number of rotatable bonds is 5. The fourth-order valence-corrected chi connectivity index (χ4v) is 2.24. The maximum absolute atomic E-state index is 13.3. The van der Waals surface area contributed by atoms with Crippen molar-refractivity contribution in [1.82, 2.24) is 14.8 Å². The molecule has 0 unspecified atom stereocenters. The molecule has 0 spiro atoms. The zero-order chi connectivity index (χ0) is 15.6. The minimum Gasteiger partial charge on any atom is -0.481 e. The van der Waals surface area contributed by atoms with E-state index in [-0.39, 0.29) is 22.4 Å². The Morgan fingerprint density at radius 3 is 2.38 bits per heavy atom.